The molecule has 1 unspecified atom stereocenters. The predicted octanol–water partition coefficient (Wildman–Crippen LogP) is -0.266. The second-order valence-corrected chi connectivity index (χ2v) is 5.55. The van der Waals surface area contributed by atoms with Gasteiger partial charge in [0.2, 0.25) is 11.8 Å². The Morgan fingerprint density at radius 3 is 2.50 bits per heavy atom. The number of aliphatic carboxylic acids is 1. The van der Waals surface area contributed by atoms with Crippen molar-refractivity contribution in [2.75, 3.05) is 19.8 Å². The van der Waals surface area contributed by atoms with Crippen LogP contribution in [0.2, 0.25) is 0 Å². The molecule has 7 nitrogen and oxygen atoms in total. The lowest BCUT2D eigenvalue weighted by atomic mass is 9.82. The molecule has 20 heavy (non-hydrogen) atoms. The summed E-state index contributed by atoms with van der Waals surface area (Å²) in [4.78, 5) is 36.6. The normalized spacial score (nSPS) is 25.4. The van der Waals surface area contributed by atoms with Gasteiger partial charge < -0.3 is 20.5 Å². The van der Waals surface area contributed by atoms with Crippen LogP contribution >= 0.6 is 0 Å². The van der Waals surface area contributed by atoms with Gasteiger partial charge in [-0.1, -0.05) is 12.8 Å². The van der Waals surface area contributed by atoms with Crippen molar-refractivity contribution in [3.63, 3.8) is 0 Å². The van der Waals surface area contributed by atoms with Crippen LogP contribution in [0.15, 0.2) is 0 Å². The lowest BCUT2D eigenvalue weighted by molar-refractivity contribution is -0.157. The summed E-state index contributed by atoms with van der Waals surface area (Å²) >= 11 is 0. The first-order chi connectivity index (χ1) is 9.46. The van der Waals surface area contributed by atoms with Gasteiger partial charge in [0.15, 0.2) is 0 Å². The lowest BCUT2D eigenvalue weighted by Gasteiger charge is -2.35. The van der Waals surface area contributed by atoms with E-state index in [-0.39, 0.29) is 25.5 Å². The van der Waals surface area contributed by atoms with E-state index in [1.165, 1.54) is 4.90 Å². The van der Waals surface area contributed by atoms with E-state index in [0.717, 1.165) is 12.8 Å². The molecule has 1 aliphatic carbocycles. The van der Waals surface area contributed by atoms with Crippen molar-refractivity contribution in [1.82, 2.24) is 4.90 Å². The first kappa shape index (κ1) is 14.8. The summed E-state index contributed by atoms with van der Waals surface area (Å²) in [6.07, 6.45) is 2.61. The van der Waals surface area contributed by atoms with Gasteiger partial charge >= 0.3 is 5.97 Å². The Hall–Kier alpha value is -1.63. The molecular formula is C13H20N2O5. The average molecular weight is 284 g/mol. The van der Waals surface area contributed by atoms with E-state index in [2.05, 4.69) is 0 Å². The second kappa shape index (κ2) is 5.78. The molecule has 1 saturated heterocycles. The van der Waals surface area contributed by atoms with Crippen LogP contribution in [0.5, 0.6) is 0 Å². The fraction of sp³-hybridized carbons (Fsp3) is 0.769. The number of carboxylic acid groups (broad SMARTS) is 1. The third kappa shape index (κ3) is 2.77. The topological polar surface area (TPSA) is 110 Å². The Morgan fingerprint density at radius 2 is 1.95 bits per heavy atom. The predicted molar refractivity (Wildman–Crippen MR) is 68.7 cm³/mol. The zero-order valence-electron chi connectivity index (χ0n) is 11.3. The minimum absolute atomic E-state index is 0.0634. The van der Waals surface area contributed by atoms with Crippen LogP contribution in [0.4, 0.5) is 0 Å². The molecule has 1 atom stereocenters. The van der Waals surface area contributed by atoms with E-state index in [1.807, 2.05) is 0 Å². The molecule has 2 fully saturated rings. The Labute approximate surface area is 117 Å². The SMILES string of the molecule is NC(=O)C1COCCN1C(=O)CC1(C(=O)O)CCCC1. The number of nitrogens with zero attached hydrogens (tertiary/aromatic N) is 1. The molecule has 1 aliphatic heterocycles. The third-order valence-corrected chi connectivity index (χ3v) is 4.28. The Balaban J connectivity index is 2.09. The molecule has 2 aliphatic rings. The molecule has 0 aromatic heterocycles. The van der Waals surface area contributed by atoms with Crippen molar-refractivity contribution in [3.8, 4) is 0 Å². The van der Waals surface area contributed by atoms with E-state index < -0.39 is 23.3 Å². The number of ether oxygens (including phenoxy) is 1. The molecule has 2 rings (SSSR count). The number of carboxylic acids is 1. The average Bonchev–Trinajstić information content (AvgIpc) is 2.88. The molecule has 0 spiro atoms. The summed E-state index contributed by atoms with van der Waals surface area (Å²) < 4.78 is 5.16. The third-order valence-electron chi connectivity index (χ3n) is 4.28. The molecular weight excluding hydrogens is 264 g/mol. The number of primary amides is 1. The zero-order valence-corrected chi connectivity index (χ0v) is 11.3. The van der Waals surface area contributed by atoms with Crippen LogP contribution < -0.4 is 5.73 Å². The van der Waals surface area contributed by atoms with Crippen molar-refractivity contribution in [2.24, 2.45) is 11.1 Å². The summed E-state index contributed by atoms with van der Waals surface area (Å²) in [5.41, 5.74) is 4.29. The number of hydrogen-bond donors (Lipinski definition) is 2. The summed E-state index contributed by atoms with van der Waals surface area (Å²) in [6, 6.07) is -0.788. The lowest BCUT2D eigenvalue weighted by Crippen LogP contribution is -2.55. The first-order valence-corrected chi connectivity index (χ1v) is 6.86. The van der Waals surface area contributed by atoms with Crippen LogP contribution in [0.1, 0.15) is 32.1 Å². The molecule has 1 heterocycles. The molecule has 112 valence electrons. The van der Waals surface area contributed by atoms with Gasteiger partial charge in [0.05, 0.1) is 18.6 Å². The number of morpholine rings is 1. The summed E-state index contributed by atoms with van der Waals surface area (Å²) in [6.45, 7) is 0.707. The summed E-state index contributed by atoms with van der Waals surface area (Å²) in [7, 11) is 0. The molecule has 7 heteroatoms. The fourth-order valence-electron chi connectivity index (χ4n) is 3.05. The van der Waals surface area contributed by atoms with Crippen LogP contribution in [-0.2, 0) is 19.1 Å². The number of carbonyl (C=O) groups is 3. The maximum Gasteiger partial charge on any atom is 0.310 e. The maximum atomic E-state index is 12.4. The zero-order chi connectivity index (χ0) is 14.8. The number of hydrogen-bond acceptors (Lipinski definition) is 4. The molecule has 0 radical (unpaired) electrons. The molecule has 0 aromatic carbocycles. The van der Waals surface area contributed by atoms with Crippen molar-refractivity contribution in [2.45, 2.75) is 38.1 Å². The van der Waals surface area contributed by atoms with Gasteiger partial charge in [-0.3, -0.25) is 14.4 Å². The van der Waals surface area contributed by atoms with E-state index in [0.29, 0.717) is 19.4 Å². The Morgan fingerprint density at radius 1 is 1.30 bits per heavy atom. The molecule has 2 amide bonds. The summed E-state index contributed by atoms with van der Waals surface area (Å²) in [5.74, 6) is -1.86. The van der Waals surface area contributed by atoms with Gasteiger partial charge in [-0.05, 0) is 12.8 Å². The molecule has 1 saturated carbocycles. The van der Waals surface area contributed by atoms with Gasteiger partial charge in [-0.15, -0.1) is 0 Å². The van der Waals surface area contributed by atoms with E-state index in [1.54, 1.807) is 0 Å². The molecule has 0 aromatic rings. The van der Waals surface area contributed by atoms with E-state index in [4.69, 9.17) is 10.5 Å². The van der Waals surface area contributed by atoms with Gasteiger partial charge in [0, 0.05) is 13.0 Å². The van der Waals surface area contributed by atoms with Crippen molar-refractivity contribution in [3.05, 3.63) is 0 Å². The van der Waals surface area contributed by atoms with E-state index >= 15 is 0 Å². The maximum absolute atomic E-state index is 12.4. The van der Waals surface area contributed by atoms with Crippen LogP contribution in [0, 0.1) is 5.41 Å². The largest absolute Gasteiger partial charge is 0.481 e. The van der Waals surface area contributed by atoms with Crippen LogP contribution in [0.3, 0.4) is 0 Å². The highest BCUT2D eigenvalue weighted by atomic mass is 16.5. The number of carbonyl (C=O) groups excluding carboxylic acids is 2. The number of amides is 2. The Bertz CT molecular complexity index is 417. The number of nitrogens with two attached hydrogens (primary N) is 1. The minimum Gasteiger partial charge on any atom is -0.481 e. The first-order valence-electron chi connectivity index (χ1n) is 6.86. The highest BCUT2D eigenvalue weighted by molar-refractivity contribution is 5.90. The van der Waals surface area contributed by atoms with Gasteiger partial charge in [-0.25, -0.2) is 0 Å². The summed E-state index contributed by atoms with van der Waals surface area (Å²) in [5, 5.41) is 9.40. The van der Waals surface area contributed by atoms with Gasteiger partial charge in [-0.2, -0.15) is 0 Å². The fourth-order valence-corrected chi connectivity index (χ4v) is 3.05. The smallest absolute Gasteiger partial charge is 0.310 e. The minimum atomic E-state index is -0.975. The van der Waals surface area contributed by atoms with E-state index in [9.17, 15) is 19.5 Å². The monoisotopic (exact) mass is 284 g/mol. The van der Waals surface area contributed by atoms with Crippen LogP contribution in [-0.4, -0.2) is 53.6 Å². The standard InChI is InChI=1S/C13H20N2O5/c14-11(17)9-8-20-6-5-15(9)10(16)7-13(12(18)19)3-1-2-4-13/h9H,1-8H2,(H2,14,17)(H,18,19). The van der Waals surface area contributed by atoms with Crippen molar-refractivity contribution < 1.29 is 24.2 Å². The van der Waals surface area contributed by atoms with Crippen LogP contribution in [0.25, 0.3) is 0 Å². The molecule has 0 bridgehead atoms. The van der Waals surface area contributed by atoms with Gasteiger partial charge in [0.1, 0.15) is 6.04 Å². The Kier molecular flexibility index (Phi) is 4.27. The van der Waals surface area contributed by atoms with Gasteiger partial charge in [0.25, 0.3) is 0 Å². The molecule has 3 N–H and O–H groups in total. The number of rotatable bonds is 4. The second-order valence-electron chi connectivity index (χ2n) is 5.55. The highest BCUT2D eigenvalue weighted by Crippen LogP contribution is 2.42. The van der Waals surface area contributed by atoms with Crippen molar-refractivity contribution >= 4 is 17.8 Å². The highest BCUT2D eigenvalue weighted by Gasteiger charge is 2.45. The quantitative estimate of drug-likeness (QED) is 0.738. The van der Waals surface area contributed by atoms with Crippen molar-refractivity contribution in [1.29, 1.82) is 0 Å².